The Bertz CT molecular complexity index is 809. The molecule has 6 nitrogen and oxygen atoms in total. The average Bonchev–Trinajstić information content (AvgIpc) is 2.61. The molecule has 0 radical (unpaired) electrons. The first-order valence-electron chi connectivity index (χ1n) is 7.82. The van der Waals surface area contributed by atoms with Crippen LogP contribution in [0, 0.1) is 0 Å². The average molecular weight is 342 g/mol. The predicted molar refractivity (Wildman–Crippen MR) is 90.6 cm³/mol. The minimum Gasteiger partial charge on any atom is -0.493 e. The monoisotopic (exact) mass is 342 g/mol. The van der Waals surface area contributed by atoms with Crippen molar-refractivity contribution in [2.24, 2.45) is 0 Å². The number of hydrogen-bond donors (Lipinski definition) is 2. The highest BCUT2D eigenvalue weighted by atomic mass is 16.5. The molecule has 0 heterocycles. The standard InChI is InChI=1S/C19H18O6/c1-2-3-10-25-16-7-5-4-6-14(16)17(20)12-8-9-13(18(21)22)15(11-12)19(23)24/h4-9,11H,2-3,10H2,1H3,(H,21,22)(H,23,24). The lowest BCUT2D eigenvalue weighted by atomic mass is 9.97. The van der Waals surface area contributed by atoms with Crippen LogP contribution < -0.4 is 4.74 Å². The second-order valence-electron chi connectivity index (χ2n) is 5.40. The Morgan fingerprint density at radius 3 is 2.24 bits per heavy atom. The number of carbonyl (C=O) groups excluding carboxylic acids is 1. The van der Waals surface area contributed by atoms with E-state index >= 15 is 0 Å². The van der Waals surface area contributed by atoms with Crippen LogP contribution in [-0.4, -0.2) is 34.5 Å². The van der Waals surface area contributed by atoms with Gasteiger partial charge >= 0.3 is 11.9 Å². The van der Waals surface area contributed by atoms with Crippen molar-refractivity contribution in [3.63, 3.8) is 0 Å². The number of hydrogen-bond acceptors (Lipinski definition) is 4. The summed E-state index contributed by atoms with van der Waals surface area (Å²) >= 11 is 0. The van der Waals surface area contributed by atoms with Gasteiger partial charge in [-0.15, -0.1) is 0 Å². The first-order chi connectivity index (χ1) is 12.0. The minimum atomic E-state index is -1.40. The van der Waals surface area contributed by atoms with Gasteiger partial charge in [-0.05, 0) is 30.7 Å². The molecule has 2 rings (SSSR count). The molecular formula is C19H18O6. The summed E-state index contributed by atoms with van der Waals surface area (Å²) in [5.74, 6) is -2.77. The van der Waals surface area contributed by atoms with Crippen molar-refractivity contribution in [3.8, 4) is 5.75 Å². The Hall–Kier alpha value is -3.15. The fourth-order valence-electron chi connectivity index (χ4n) is 2.31. The van der Waals surface area contributed by atoms with Crippen LogP contribution in [0.3, 0.4) is 0 Å². The highest BCUT2D eigenvalue weighted by molar-refractivity contribution is 6.12. The fraction of sp³-hybridized carbons (Fsp3) is 0.211. The third-order valence-electron chi connectivity index (χ3n) is 3.63. The summed E-state index contributed by atoms with van der Waals surface area (Å²) in [6, 6.07) is 10.2. The first kappa shape index (κ1) is 18.2. The summed E-state index contributed by atoms with van der Waals surface area (Å²) in [4.78, 5) is 35.1. The van der Waals surface area contributed by atoms with E-state index in [1.54, 1.807) is 24.3 Å². The van der Waals surface area contributed by atoms with Gasteiger partial charge in [-0.3, -0.25) is 4.79 Å². The fourth-order valence-corrected chi connectivity index (χ4v) is 2.31. The lowest BCUT2D eigenvalue weighted by Crippen LogP contribution is -2.11. The summed E-state index contributed by atoms with van der Waals surface area (Å²) in [6.07, 6.45) is 1.80. The van der Waals surface area contributed by atoms with E-state index < -0.39 is 23.3 Å². The molecule has 0 aromatic heterocycles. The summed E-state index contributed by atoms with van der Waals surface area (Å²) in [5, 5.41) is 18.2. The highest BCUT2D eigenvalue weighted by Gasteiger charge is 2.20. The molecule has 2 aromatic rings. The number of ketones is 1. The van der Waals surface area contributed by atoms with Crippen molar-refractivity contribution in [2.75, 3.05) is 6.61 Å². The summed E-state index contributed by atoms with van der Waals surface area (Å²) in [6.45, 7) is 2.50. The zero-order valence-corrected chi connectivity index (χ0v) is 13.7. The molecule has 0 fully saturated rings. The third-order valence-corrected chi connectivity index (χ3v) is 3.63. The van der Waals surface area contributed by atoms with Gasteiger partial charge in [0.2, 0.25) is 0 Å². The molecule has 0 spiro atoms. The van der Waals surface area contributed by atoms with Crippen LogP contribution in [0.2, 0.25) is 0 Å². The number of carboxylic acids is 2. The number of aromatic carboxylic acids is 2. The van der Waals surface area contributed by atoms with Crippen LogP contribution in [0.25, 0.3) is 0 Å². The van der Waals surface area contributed by atoms with Crippen molar-refractivity contribution in [1.29, 1.82) is 0 Å². The van der Waals surface area contributed by atoms with E-state index in [0.717, 1.165) is 25.0 Å². The molecule has 25 heavy (non-hydrogen) atoms. The summed E-state index contributed by atoms with van der Waals surface area (Å²) in [5.41, 5.74) is -0.397. The van der Waals surface area contributed by atoms with Crippen LogP contribution in [-0.2, 0) is 0 Å². The molecule has 0 aliphatic carbocycles. The van der Waals surface area contributed by atoms with E-state index in [4.69, 9.17) is 9.84 Å². The Morgan fingerprint density at radius 1 is 0.920 bits per heavy atom. The van der Waals surface area contributed by atoms with E-state index in [1.807, 2.05) is 6.92 Å². The van der Waals surface area contributed by atoms with Gasteiger partial charge in [0.15, 0.2) is 5.78 Å². The van der Waals surface area contributed by atoms with E-state index in [2.05, 4.69) is 0 Å². The van der Waals surface area contributed by atoms with Gasteiger partial charge in [-0.25, -0.2) is 9.59 Å². The predicted octanol–water partition coefficient (Wildman–Crippen LogP) is 3.49. The molecule has 6 heteroatoms. The largest absolute Gasteiger partial charge is 0.493 e. The lowest BCUT2D eigenvalue weighted by Gasteiger charge is -2.11. The summed E-state index contributed by atoms with van der Waals surface area (Å²) < 4.78 is 5.63. The Labute approximate surface area is 144 Å². The Kier molecular flexibility index (Phi) is 5.89. The van der Waals surface area contributed by atoms with Gasteiger partial charge < -0.3 is 14.9 Å². The van der Waals surface area contributed by atoms with Crippen molar-refractivity contribution in [1.82, 2.24) is 0 Å². The molecule has 0 bridgehead atoms. The molecule has 0 amide bonds. The Morgan fingerprint density at radius 2 is 1.60 bits per heavy atom. The van der Waals surface area contributed by atoms with Crippen molar-refractivity contribution in [3.05, 3.63) is 64.7 Å². The van der Waals surface area contributed by atoms with Gasteiger partial charge in [0.05, 0.1) is 23.3 Å². The van der Waals surface area contributed by atoms with Gasteiger partial charge in [-0.2, -0.15) is 0 Å². The van der Waals surface area contributed by atoms with Gasteiger partial charge in [0, 0.05) is 5.56 Å². The molecule has 2 N–H and O–H groups in total. The van der Waals surface area contributed by atoms with E-state index in [1.165, 1.54) is 6.07 Å². The number of benzene rings is 2. The van der Waals surface area contributed by atoms with Gasteiger partial charge in [0.25, 0.3) is 0 Å². The van der Waals surface area contributed by atoms with Crippen molar-refractivity contribution in [2.45, 2.75) is 19.8 Å². The number of rotatable bonds is 8. The van der Waals surface area contributed by atoms with E-state index in [9.17, 15) is 19.5 Å². The van der Waals surface area contributed by atoms with E-state index in [0.29, 0.717) is 17.9 Å². The normalized spacial score (nSPS) is 10.3. The molecular weight excluding hydrogens is 324 g/mol. The molecule has 0 aliphatic rings. The maximum absolute atomic E-state index is 12.7. The Balaban J connectivity index is 2.40. The lowest BCUT2D eigenvalue weighted by molar-refractivity contribution is 0.0651. The molecule has 0 saturated carbocycles. The van der Waals surface area contributed by atoms with Gasteiger partial charge in [-0.1, -0.05) is 31.5 Å². The molecule has 0 atom stereocenters. The first-order valence-corrected chi connectivity index (χ1v) is 7.82. The van der Waals surface area contributed by atoms with Crippen molar-refractivity contribution >= 4 is 17.7 Å². The number of unbranched alkanes of at least 4 members (excludes halogenated alkanes) is 1. The van der Waals surface area contributed by atoms with Crippen LogP contribution in [0.1, 0.15) is 56.4 Å². The molecule has 0 saturated heterocycles. The van der Waals surface area contributed by atoms with E-state index in [-0.39, 0.29) is 11.1 Å². The smallest absolute Gasteiger partial charge is 0.336 e. The maximum Gasteiger partial charge on any atom is 0.336 e. The number of carboxylic acid groups (broad SMARTS) is 2. The van der Waals surface area contributed by atoms with Crippen LogP contribution in [0.15, 0.2) is 42.5 Å². The topological polar surface area (TPSA) is 101 Å². The molecule has 0 unspecified atom stereocenters. The minimum absolute atomic E-state index is 0.0916. The summed E-state index contributed by atoms with van der Waals surface area (Å²) in [7, 11) is 0. The van der Waals surface area contributed by atoms with Crippen LogP contribution in [0.4, 0.5) is 0 Å². The van der Waals surface area contributed by atoms with Crippen molar-refractivity contribution < 1.29 is 29.3 Å². The quantitative estimate of drug-likeness (QED) is 0.562. The SMILES string of the molecule is CCCCOc1ccccc1C(=O)c1ccc(C(=O)O)c(C(=O)O)c1. The number of carbonyl (C=O) groups is 3. The van der Waals surface area contributed by atoms with Gasteiger partial charge in [0.1, 0.15) is 5.75 Å². The maximum atomic E-state index is 12.7. The molecule has 2 aromatic carbocycles. The third kappa shape index (κ3) is 4.23. The van der Waals surface area contributed by atoms with Crippen LogP contribution >= 0.6 is 0 Å². The molecule has 130 valence electrons. The zero-order chi connectivity index (χ0) is 18.4. The second-order valence-corrected chi connectivity index (χ2v) is 5.40. The second kappa shape index (κ2) is 8.10. The number of ether oxygens (including phenoxy) is 1. The molecule has 0 aliphatic heterocycles. The number of para-hydroxylation sites is 1. The zero-order valence-electron chi connectivity index (χ0n) is 13.7. The van der Waals surface area contributed by atoms with Crippen LogP contribution in [0.5, 0.6) is 5.75 Å². The highest BCUT2D eigenvalue weighted by Crippen LogP contribution is 2.23.